The van der Waals surface area contributed by atoms with Gasteiger partial charge in [-0.3, -0.25) is 0 Å². The molecule has 0 aromatic heterocycles. The number of esters is 1. The van der Waals surface area contributed by atoms with Gasteiger partial charge in [0.05, 0.1) is 12.0 Å². The zero-order valence-electron chi connectivity index (χ0n) is 11.1. The molecule has 6 nitrogen and oxygen atoms in total. The van der Waals surface area contributed by atoms with E-state index in [1.165, 1.54) is 12.1 Å². The van der Waals surface area contributed by atoms with E-state index in [2.05, 4.69) is 9.46 Å². The molecule has 1 aromatic carbocycles. The summed E-state index contributed by atoms with van der Waals surface area (Å²) in [4.78, 5) is 11.4. The Labute approximate surface area is 117 Å². The molecule has 1 saturated carbocycles. The number of phenolic OH excluding ortho intramolecular Hbond substituents is 1. The number of carbonyl (C=O) groups excluding carboxylic acids is 1. The van der Waals surface area contributed by atoms with E-state index in [1.54, 1.807) is 0 Å². The van der Waals surface area contributed by atoms with Crippen molar-refractivity contribution in [1.29, 1.82) is 0 Å². The fraction of sp³-hybridized carbons (Fsp3) is 0.462. The molecule has 0 heterocycles. The molecule has 0 atom stereocenters. The highest BCUT2D eigenvalue weighted by Crippen LogP contribution is 2.31. The Kier molecular flexibility index (Phi) is 4.29. The molecule has 2 rings (SSSR count). The van der Waals surface area contributed by atoms with Gasteiger partial charge >= 0.3 is 5.97 Å². The molecule has 7 heteroatoms. The van der Waals surface area contributed by atoms with Crippen molar-refractivity contribution in [2.45, 2.75) is 24.2 Å². The van der Waals surface area contributed by atoms with Gasteiger partial charge in [-0.05, 0) is 30.5 Å². The molecule has 110 valence electrons. The van der Waals surface area contributed by atoms with Gasteiger partial charge in [0.2, 0.25) is 10.0 Å². The minimum absolute atomic E-state index is 0.0634. The van der Waals surface area contributed by atoms with Gasteiger partial charge in [-0.15, -0.1) is 0 Å². The number of phenols is 1. The number of benzene rings is 1. The van der Waals surface area contributed by atoms with Crippen molar-refractivity contribution in [1.82, 2.24) is 4.72 Å². The molecule has 0 spiro atoms. The average Bonchev–Trinajstić information content (AvgIpc) is 3.22. The Morgan fingerprint density at radius 3 is 2.75 bits per heavy atom. The molecule has 1 aliphatic carbocycles. The molecule has 0 amide bonds. The number of nitrogens with one attached hydrogen (secondary N) is 1. The van der Waals surface area contributed by atoms with Crippen LogP contribution in [0.5, 0.6) is 5.75 Å². The maximum absolute atomic E-state index is 12.1. The lowest BCUT2D eigenvalue weighted by Gasteiger charge is -2.08. The van der Waals surface area contributed by atoms with Crippen molar-refractivity contribution in [3.8, 4) is 5.75 Å². The molecule has 1 aromatic rings. The van der Waals surface area contributed by atoms with Crippen molar-refractivity contribution in [3.05, 3.63) is 23.8 Å². The van der Waals surface area contributed by atoms with E-state index in [9.17, 15) is 18.3 Å². The van der Waals surface area contributed by atoms with Crippen LogP contribution in [0, 0.1) is 5.92 Å². The monoisotopic (exact) mass is 299 g/mol. The van der Waals surface area contributed by atoms with Crippen LogP contribution in [0.3, 0.4) is 0 Å². The molecule has 0 bridgehead atoms. The van der Waals surface area contributed by atoms with E-state index < -0.39 is 16.0 Å². The molecular formula is C13H17NO5S. The molecule has 1 fully saturated rings. The summed E-state index contributed by atoms with van der Waals surface area (Å²) < 4.78 is 31.1. The van der Waals surface area contributed by atoms with E-state index in [-0.39, 0.29) is 16.2 Å². The van der Waals surface area contributed by atoms with Gasteiger partial charge in [-0.1, -0.05) is 12.8 Å². The number of methoxy groups -OCH3 is 1. The first-order valence-electron chi connectivity index (χ1n) is 6.35. The molecule has 0 saturated heterocycles. The molecule has 0 unspecified atom stereocenters. The molecule has 0 aliphatic heterocycles. The highest BCUT2D eigenvalue weighted by Gasteiger charge is 2.23. The SMILES string of the molecule is COC(=O)c1cc(S(=O)(=O)NCCC2CC2)ccc1O. The van der Waals surface area contributed by atoms with Crippen LogP contribution in [0.25, 0.3) is 0 Å². The summed E-state index contributed by atoms with van der Waals surface area (Å²) in [5.41, 5.74) is -0.169. The van der Waals surface area contributed by atoms with Gasteiger partial charge in [0.25, 0.3) is 0 Å². The quantitative estimate of drug-likeness (QED) is 0.771. The summed E-state index contributed by atoms with van der Waals surface area (Å²) in [6.45, 7) is 0.376. The van der Waals surface area contributed by atoms with Gasteiger partial charge in [-0.2, -0.15) is 0 Å². The van der Waals surface area contributed by atoms with Crippen LogP contribution in [-0.4, -0.2) is 33.1 Å². The van der Waals surface area contributed by atoms with Crippen molar-refractivity contribution >= 4 is 16.0 Å². The van der Waals surface area contributed by atoms with Crippen LogP contribution in [0.2, 0.25) is 0 Å². The van der Waals surface area contributed by atoms with Crippen molar-refractivity contribution in [2.24, 2.45) is 5.92 Å². The van der Waals surface area contributed by atoms with Gasteiger partial charge in [0.1, 0.15) is 11.3 Å². The predicted octanol–water partition coefficient (Wildman–Crippen LogP) is 1.26. The van der Waals surface area contributed by atoms with E-state index in [0.29, 0.717) is 12.5 Å². The van der Waals surface area contributed by atoms with Crippen LogP contribution in [-0.2, 0) is 14.8 Å². The predicted molar refractivity (Wildman–Crippen MR) is 72.0 cm³/mol. The number of hydrogen-bond acceptors (Lipinski definition) is 5. The van der Waals surface area contributed by atoms with Crippen molar-refractivity contribution in [3.63, 3.8) is 0 Å². The van der Waals surface area contributed by atoms with Gasteiger partial charge < -0.3 is 9.84 Å². The van der Waals surface area contributed by atoms with Gasteiger partial charge in [-0.25, -0.2) is 17.9 Å². The minimum Gasteiger partial charge on any atom is -0.507 e. The smallest absolute Gasteiger partial charge is 0.341 e. The number of carbonyl (C=O) groups is 1. The molecule has 1 aliphatic rings. The second-order valence-corrected chi connectivity index (χ2v) is 6.57. The fourth-order valence-corrected chi connectivity index (χ4v) is 2.92. The normalized spacial score (nSPS) is 15.1. The number of rotatable bonds is 6. The standard InChI is InChI=1S/C13H17NO5S/c1-19-13(16)11-8-10(4-5-12(11)15)20(17,18)14-7-6-9-2-3-9/h4-5,8-9,14-15H,2-3,6-7H2,1H3. The summed E-state index contributed by atoms with van der Waals surface area (Å²) >= 11 is 0. The molecule has 2 N–H and O–H groups in total. The van der Waals surface area contributed by atoms with Gasteiger partial charge in [0.15, 0.2) is 0 Å². The topological polar surface area (TPSA) is 92.7 Å². The van der Waals surface area contributed by atoms with E-state index in [0.717, 1.165) is 32.4 Å². The lowest BCUT2D eigenvalue weighted by Crippen LogP contribution is -2.25. The van der Waals surface area contributed by atoms with E-state index >= 15 is 0 Å². The van der Waals surface area contributed by atoms with Crippen LogP contribution >= 0.6 is 0 Å². The number of sulfonamides is 1. The van der Waals surface area contributed by atoms with Crippen molar-refractivity contribution < 1.29 is 23.1 Å². The summed E-state index contributed by atoms with van der Waals surface area (Å²) in [7, 11) is -2.51. The fourth-order valence-electron chi connectivity index (χ4n) is 1.84. The summed E-state index contributed by atoms with van der Waals surface area (Å²) in [6, 6.07) is 3.53. The summed E-state index contributed by atoms with van der Waals surface area (Å²) in [5.74, 6) is -0.463. The highest BCUT2D eigenvalue weighted by molar-refractivity contribution is 7.89. The maximum Gasteiger partial charge on any atom is 0.341 e. The molecule has 20 heavy (non-hydrogen) atoms. The lowest BCUT2D eigenvalue weighted by atomic mass is 10.2. The minimum atomic E-state index is -3.68. The van der Waals surface area contributed by atoms with E-state index in [4.69, 9.17) is 0 Å². The summed E-state index contributed by atoms with van der Waals surface area (Å²) in [5, 5.41) is 9.54. The second kappa shape index (κ2) is 5.80. The zero-order valence-corrected chi connectivity index (χ0v) is 11.9. The Morgan fingerprint density at radius 1 is 1.45 bits per heavy atom. The Balaban J connectivity index is 2.15. The summed E-state index contributed by atoms with van der Waals surface area (Å²) in [6.07, 6.45) is 3.14. The van der Waals surface area contributed by atoms with Crippen LogP contribution < -0.4 is 4.72 Å². The van der Waals surface area contributed by atoms with Crippen molar-refractivity contribution in [2.75, 3.05) is 13.7 Å². The Morgan fingerprint density at radius 2 is 2.15 bits per heavy atom. The number of hydrogen-bond donors (Lipinski definition) is 2. The lowest BCUT2D eigenvalue weighted by molar-refractivity contribution is 0.0597. The third kappa shape index (κ3) is 3.49. The third-order valence-corrected chi connectivity index (χ3v) is 4.68. The largest absolute Gasteiger partial charge is 0.507 e. The zero-order chi connectivity index (χ0) is 14.8. The van der Waals surface area contributed by atoms with Crippen LogP contribution in [0.4, 0.5) is 0 Å². The maximum atomic E-state index is 12.1. The first-order chi connectivity index (χ1) is 9.44. The van der Waals surface area contributed by atoms with Crippen LogP contribution in [0.1, 0.15) is 29.6 Å². The third-order valence-electron chi connectivity index (χ3n) is 3.23. The first kappa shape index (κ1) is 14.8. The van der Waals surface area contributed by atoms with Crippen LogP contribution in [0.15, 0.2) is 23.1 Å². The molecule has 0 radical (unpaired) electrons. The first-order valence-corrected chi connectivity index (χ1v) is 7.83. The Hall–Kier alpha value is -1.60. The van der Waals surface area contributed by atoms with Gasteiger partial charge in [0, 0.05) is 6.54 Å². The average molecular weight is 299 g/mol. The van der Waals surface area contributed by atoms with E-state index in [1.807, 2.05) is 0 Å². The Bertz CT molecular complexity index is 607. The second-order valence-electron chi connectivity index (χ2n) is 4.80. The number of ether oxygens (including phenoxy) is 1. The number of aromatic hydroxyl groups is 1. The highest BCUT2D eigenvalue weighted by atomic mass is 32.2. The molecular weight excluding hydrogens is 282 g/mol.